The fourth-order valence-electron chi connectivity index (χ4n) is 1.80. The third-order valence-electron chi connectivity index (χ3n) is 3.14. The minimum atomic E-state index is -0.919. The molecule has 0 aromatic heterocycles. The van der Waals surface area contributed by atoms with E-state index >= 15 is 0 Å². The summed E-state index contributed by atoms with van der Waals surface area (Å²) in [5.74, 6) is -1.17. The molecule has 0 heterocycles. The van der Waals surface area contributed by atoms with Gasteiger partial charge in [0.05, 0.1) is 13.0 Å². The maximum Gasteiger partial charge on any atom is 0.325 e. The highest BCUT2D eigenvalue weighted by Crippen LogP contribution is 2.05. The molecule has 0 saturated heterocycles. The molecule has 0 aliphatic rings. The van der Waals surface area contributed by atoms with Crippen molar-refractivity contribution < 1.29 is 19.1 Å². The molecule has 1 atom stereocenters. The van der Waals surface area contributed by atoms with Gasteiger partial charge in [-0.1, -0.05) is 36.8 Å². The van der Waals surface area contributed by atoms with Crippen LogP contribution in [-0.4, -0.2) is 36.6 Å². The third-order valence-corrected chi connectivity index (χ3v) is 3.14. The van der Waals surface area contributed by atoms with Crippen LogP contribution in [0.25, 0.3) is 0 Å². The van der Waals surface area contributed by atoms with Gasteiger partial charge in [0.1, 0.15) is 0 Å². The Morgan fingerprint density at radius 3 is 2.36 bits per heavy atom. The fourth-order valence-corrected chi connectivity index (χ4v) is 1.80. The van der Waals surface area contributed by atoms with E-state index in [1.165, 1.54) is 7.11 Å². The Balaban J connectivity index is 2.63. The van der Waals surface area contributed by atoms with E-state index in [0.717, 1.165) is 16.0 Å². The van der Waals surface area contributed by atoms with Crippen molar-refractivity contribution in [1.82, 2.24) is 10.2 Å². The van der Waals surface area contributed by atoms with Crippen LogP contribution in [0.4, 0.5) is 9.59 Å². The van der Waals surface area contributed by atoms with E-state index in [9.17, 15) is 14.4 Å². The number of nitrogens with two attached hydrogens (primary N) is 1. The van der Waals surface area contributed by atoms with Crippen LogP contribution in [0.3, 0.4) is 0 Å². The van der Waals surface area contributed by atoms with Crippen LogP contribution in [0.5, 0.6) is 0 Å². The number of urea groups is 2. The standard InChI is InChI=1S/C15H21N3O4/c1-10-4-6-12(7-5-10)8-17-15(21)18(14(16)20)9-11(2)13(19)22-3/h4-7,11H,8-9H2,1-3H3,(H2,16,20)(H,17,21)/t11-/m0/s1. The lowest BCUT2D eigenvalue weighted by molar-refractivity contribution is -0.144. The molecule has 22 heavy (non-hydrogen) atoms. The van der Waals surface area contributed by atoms with Gasteiger partial charge in [-0.15, -0.1) is 0 Å². The van der Waals surface area contributed by atoms with Crippen LogP contribution >= 0.6 is 0 Å². The van der Waals surface area contributed by atoms with Crippen LogP contribution < -0.4 is 11.1 Å². The van der Waals surface area contributed by atoms with Gasteiger partial charge in [-0.25, -0.2) is 14.5 Å². The van der Waals surface area contributed by atoms with Crippen molar-refractivity contribution in [3.05, 3.63) is 35.4 Å². The number of imide groups is 1. The minimum absolute atomic E-state index is 0.137. The normalized spacial score (nSPS) is 11.4. The number of hydrogen-bond acceptors (Lipinski definition) is 4. The second-order valence-corrected chi connectivity index (χ2v) is 5.02. The molecule has 7 heteroatoms. The number of nitrogens with zero attached hydrogens (tertiary/aromatic N) is 1. The van der Waals surface area contributed by atoms with Gasteiger partial charge >= 0.3 is 18.0 Å². The smallest absolute Gasteiger partial charge is 0.325 e. The number of amides is 4. The van der Waals surface area contributed by atoms with Crippen molar-refractivity contribution in [1.29, 1.82) is 0 Å². The molecule has 1 aromatic carbocycles. The van der Waals surface area contributed by atoms with E-state index in [0.29, 0.717) is 0 Å². The molecule has 0 fully saturated rings. The van der Waals surface area contributed by atoms with Crippen molar-refractivity contribution in [2.75, 3.05) is 13.7 Å². The van der Waals surface area contributed by atoms with Crippen LogP contribution in [-0.2, 0) is 16.1 Å². The van der Waals surface area contributed by atoms with E-state index < -0.39 is 23.9 Å². The minimum Gasteiger partial charge on any atom is -0.469 e. The Morgan fingerprint density at radius 2 is 1.86 bits per heavy atom. The van der Waals surface area contributed by atoms with Gasteiger partial charge in [0.25, 0.3) is 0 Å². The van der Waals surface area contributed by atoms with Gasteiger partial charge in [-0.3, -0.25) is 4.79 Å². The summed E-state index contributed by atoms with van der Waals surface area (Å²) in [6.45, 7) is 3.64. The van der Waals surface area contributed by atoms with E-state index in [-0.39, 0.29) is 13.1 Å². The molecule has 0 bridgehead atoms. The fraction of sp³-hybridized carbons (Fsp3) is 0.400. The summed E-state index contributed by atoms with van der Waals surface area (Å²) >= 11 is 0. The number of nitrogens with one attached hydrogen (secondary N) is 1. The molecule has 4 amide bonds. The average molecular weight is 307 g/mol. The van der Waals surface area contributed by atoms with Gasteiger partial charge in [0.2, 0.25) is 0 Å². The third kappa shape index (κ3) is 5.08. The zero-order chi connectivity index (χ0) is 16.7. The molecule has 0 aliphatic carbocycles. The summed E-state index contributed by atoms with van der Waals surface area (Å²) in [6.07, 6.45) is 0. The molecule has 1 rings (SSSR count). The highest BCUT2D eigenvalue weighted by atomic mass is 16.5. The predicted octanol–water partition coefficient (Wildman–Crippen LogP) is 1.39. The summed E-state index contributed by atoms with van der Waals surface area (Å²) in [5.41, 5.74) is 7.20. The van der Waals surface area contributed by atoms with Gasteiger partial charge in [0, 0.05) is 13.1 Å². The summed E-state index contributed by atoms with van der Waals surface area (Å²) in [6, 6.07) is 6.03. The molecular formula is C15H21N3O4. The Hall–Kier alpha value is -2.57. The van der Waals surface area contributed by atoms with Gasteiger partial charge in [-0.2, -0.15) is 0 Å². The van der Waals surface area contributed by atoms with E-state index in [1.54, 1.807) is 6.92 Å². The maximum atomic E-state index is 12.0. The number of carbonyl (C=O) groups is 3. The Kier molecular flexibility index (Phi) is 6.37. The van der Waals surface area contributed by atoms with E-state index in [2.05, 4.69) is 10.1 Å². The number of carbonyl (C=O) groups excluding carboxylic acids is 3. The Bertz CT molecular complexity index is 542. The molecule has 0 unspecified atom stereocenters. The quantitative estimate of drug-likeness (QED) is 0.803. The van der Waals surface area contributed by atoms with Crippen molar-refractivity contribution in [3.8, 4) is 0 Å². The summed E-state index contributed by atoms with van der Waals surface area (Å²) in [5, 5.41) is 2.60. The Labute approximate surface area is 129 Å². The second-order valence-electron chi connectivity index (χ2n) is 5.02. The van der Waals surface area contributed by atoms with E-state index in [1.807, 2.05) is 31.2 Å². The molecule has 120 valence electrons. The monoisotopic (exact) mass is 307 g/mol. The number of methoxy groups -OCH3 is 1. The zero-order valence-electron chi connectivity index (χ0n) is 13.0. The lowest BCUT2D eigenvalue weighted by atomic mass is 10.1. The first-order valence-electron chi connectivity index (χ1n) is 6.83. The molecule has 3 N–H and O–H groups in total. The largest absolute Gasteiger partial charge is 0.469 e. The maximum absolute atomic E-state index is 12.0. The first kappa shape index (κ1) is 17.5. The molecule has 0 aliphatic heterocycles. The molecule has 0 spiro atoms. The number of primary amides is 1. The molecular weight excluding hydrogens is 286 g/mol. The molecule has 7 nitrogen and oxygen atoms in total. The highest BCUT2D eigenvalue weighted by Gasteiger charge is 2.24. The van der Waals surface area contributed by atoms with Gasteiger partial charge < -0.3 is 15.8 Å². The number of esters is 1. The molecule has 0 saturated carbocycles. The second kappa shape index (κ2) is 8.02. The zero-order valence-corrected chi connectivity index (χ0v) is 13.0. The van der Waals surface area contributed by atoms with Gasteiger partial charge in [0.15, 0.2) is 0 Å². The van der Waals surface area contributed by atoms with Gasteiger partial charge in [-0.05, 0) is 12.5 Å². The predicted molar refractivity (Wildman–Crippen MR) is 80.9 cm³/mol. The lowest BCUT2D eigenvalue weighted by Gasteiger charge is -2.21. The van der Waals surface area contributed by atoms with Crippen LogP contribution in [0.2, 0.25) is 0 Å². The first-order chi connectivity index (χ1) is 10.3. The van der Waals surface area contributed by atoms with Crippen molar-refractivity contribution in [2.24, 2.45) is 11.7 Å². The summed E-state index contributed by atoms with van der Waals surface area (Å²) < 4.78 is 4.56. The van der Waals surface area contributed by atoms with Crippen molar-refractivity contribution in [2.45, 2.75) is 20.4 Å². The number of benzene rings is 1. The molecule has 1 aromatic rings. The van der Waals surface area contributed by atoms with Crippen LogP contribution in [0.15, 0.2) is 24.3 Å². The number of rotatable bonds is 5. The highest BCUT2D eigenvalue weighted by molar-refractivity contribution is 5.93. The first-order valence-corrected chi connectivity index (χ1v) is 6.83. The van der Waals surface area contributed by atoms with Crippen molar-refractivity contribution >= 4 is 18.0 Å². The Morgan fingerprint density at radius 1 is 1.27 bits per heavy atom. The van der Waals surface area contributed by atoms with Crippen LogP contribution in [0, 0.1) is 12.8 Å². The van der Waals surface area contributed by atoms with Crippen molar-refractivity contribution in [3.63, 3.8) is 0 Å². The summed E-state index contributed by atoms with van der Waals surface area (Å²) in [4.78, 5) is 35.6. The van der Waals surface area contributed by atoms with E-state index in [4.69, 9.17) is 5.73 Å². The number of ether oxygens (including phenoxy) is 1. The average Bonchev–Trinajstić information content (AvgIpc) is 2.50. The topological polar surface area (TPSA) is 102 Å². The molecule has 0 radical (unpaired) electrons. The SMILES string of the molecule is COC(=O)[C@@H](C)CN(C(N)=O)C(=O)NCc1ccc(C)cc1. The lowest BCUT2D eigenvalue weighted by Crippen LogP contribution is -2.49. The number of aryl methyl sites for hydroxylation is 1. The number of hydrogen-bond donors (Lipinski definition) is 2. The van der Waals surface area contributed by atoms with Crippen LogP contribution in [0.1, 0.15) is 18.1 Å². The summed E-state index contributed by atoms with van der Waals surface area (Å²) in [7, 11) is 1.24.